The van der Waals surface area contributed by atoms with E-state index in [2.05, 4.69) is 0 Å². The largest absolute Gasteiger partial charge is 0.389 e. The quantitative estimate of drug-likeness (QED) is 0.676. The van der Waals surface area contributed by atoms with Crippen molar-refractivity contribution in [3.8, 4) is 0 Å². The standard InChI is InChI=1S/C10H19NO2/c1-2-13-8-5-10(12,6-8)9(7-11)3-4-9/h8,12H,2-7,11H2,1H3. The highest BCUT2D eigenvalue weighted by molar-refractivity contribution is 5.15. The summed E-state index contributed by atoms with van der Waals surface area (Å²) < 4.78 is 5.44. The molecule has 13 heavy (non-hydrogen) atoms. The molecule has 0 saturated heterocycles. The van der Waals surface area contributed by atoms with Crippen LogP contribution in [0.2, 0.25) is 0 Å². The topological polar surface area (TPSA) is 55.5 Å². The van der Waals surface area contributed by atoms with Crippen molar-refractivity contribution in [3.05, 3.63) is 0 Å². The summed E-state index contributed by atoms with van der Waals surface area (Å²) in [4.78, 5) is 0. The lowest BCUT2D eigenvalue weighted by molar-refractivity contribution is -0.172. The summed E-state index contributed by atoms with van der Waals surface area (Å²) in [6.07, 6.45) is 4.05. The second-order valence-corrected chi connectivity index (χ2v) is 4.50. The van der Waals surface area contributed by atoms with Crippen LogP contribution in [0.3, 0.4) is 0 Å². The maximum absolute atomic E-state index is 10.2. The first-order valence-corrected chi connectivity index (χ1v) is 5.20. The zero-order valence-corrected chi connectivity index (χ0v) is 8.25. The number of hydrogen-bond donors (Lipinski definition) is 2. The van der Waals surface area contributed by atoms with Crippen LogP contribution in [-0.4, -0.2) is 30.0 Å². The number of rotatable bonds is 4. The number of ether oxygens (including phenoxy) is 1. The van der Waals surface area contributed by atoms with Gasteiger partial charge in [0.2, 0.25) is 0 Å². The van der Waals surface area contributed by atoms with E-state index < -0.39 is 5.60 Å². The molecule has 3 heteroatoms. The SMILES string of the molecule is CCOC1CC(O)(C2(CN)CC2)C1. The highest BCUT2D eigenvalue weighted by Crippen LogP contribution is 2.60. The average molecular weight is 185 g/mol. The van der Waals surface area contributed by atoms with E-state index in [0.29, 0.717) is 6.54 Å². The molecule has 2 aliphatic carbocycles. The van der Waals surface area contributed by atoms with Gasteiger partial charge in [0.1, 0.15) is 0 Å². The number of nitrogens with two attached hydrogens (primary N) is 1. The fourth-order valence-electron chi connectivity index (χ4n) is 2.49. The number of aliphatic hydroxyl groups is 1. The van der Waals surface area contributed by atoms with Gasteiger partial charge < -0.3 is 15.6 Å². The van der Waals surface area contributed by atoms with Gasteiger partial charge in [-0.25, -0.2) is 0 Å². The zero-order chi connectivity index (χ0) is 9.53. The molecule has 2 rings (SSSR count). The van der Waals surface area contributed by atoms with Gasteiger partial charge in [0.25, 0.3) is 0 Å². The molecule has 2 aliphatic rings. The lowest BCUT2D eigenvalue weighted by Crippen LogP contribution is -2.56. The Bertz CT molecular complexity index is 195. The first-order chi connectivity index (χ1) is 6.16. The first kappa shape index (κ1) is 9.44. The molecule has 0 unspecified atom stereocenters. The van der Waals surface area contributed by atoms with Crippen LogP contribution in [0.25, 0.3) is 0 Å². The molecule has 0 aromatic carbocycles. The normalized spacial score (nSPS) is 41.3. The molecule has 0 atom stereocenters. The predicted octanol–water partition coefficient (Wildman–Crippen LogP) is 0.655. The van der Waals surface area contributed by atoms with Crippen LogP contribution in [0.4, 0.5) is 0 Å². The molecule has 3 N–H and O–H groups in total. The van der Waals surface area contributed by atoms with E-state index >= 15 is 0 Å². The lowest BCUT2D eigenvalue weighted by atomic mass is 9.67. The first-order valence-electron chi connectivity index (χ1n) is 5.20. The van der Waals surface area contributed by atoms with E-state index in [0.717, 1.165) is 32.3 Å². The molecule has 2 saturated carbocycles. The molecular formula is C10H19NO2. The molecule has 0 bridgehead atoms. The van der Waals surface area contributed by atoms with Gasteiger partial charge in [-0.15, -0.1) is 0 Å². The van der Waals surface area contributed by atoms with Gasteiger partial charge >= 0.3 is 0 Å². The molecule has 0 spiro atoms. The van der Waals surface area contributed by atoms with Crippen LogP contribution in [0.5, 0.6) is 0 Å². The van der Waals surface area contributed by atoms with Gasteiger partial charge in [-0.05, 0) is 19.8 Å². The van der Waals surface area contributed by atoms with Gasteiger partial charge in [-0.2, -0.15) is 0 Å². The van der Waals surface area contributed by atoms with Crippen molar-refractivity contribution >= 4 is 0 Å². The molecule has 0 heterocycles. The van der Waals surface area contributed by atoms with Crippen LogP contribution < -0.4 is 5.73 Å². The molecule has 0 aromatic rings. The van der Waals surface area contributed by atoms with E-state index in [9.17, 15) is 5.11 Å². The maximum Gasteiger partial charge on any atom is 0.0765 e. The summed E-state index contributed by atoms with van der Waals surface area (Å²) >= 11 is 0. The monoisotopic (exact) mass is 185 g/mol. The van der Waals surface area contributed by atoms with E-state index in [4.69, 9.17) is 10.5 Å². The van der Waals surface area contributed by atoms with E-state index in [-0.39, 0.29) is 11.5 Å². The Morgan fingerprint density at radius 2 is 2.08 bits per heavy atom. The Morgan fingerprint density at radius 3 is 2.46 bits per heavy atom. The molecule has 0 radical (unpaired) electrons. The van der Waals surface area contributed by atoms with Gasteiger partial charge in [0.15, 0.2) is 0 Å². The van der Waals surface area contributed by atoms with Crippen molar-refractivity contribution in [3.63, 3.8) is 0 Å². The second-order valence-electron chi connectivity index (χ2n) is 4.50. The van der Waals surface area contributed by atoms with E-state index in [1.54, 1.807) is 0 Å². The summed E-state index contributed by atoms with van der Waals surface area (Å²) in [5, 5.41) is 10.2. The molecule has 3 nitrogen and oxygen atoms in total. The van der Waals surface area contributed by atoms with Crippen molar-refractivity contribution in [2.24, 2.45) is 11.1 Å². The van der Waals surface area contributed by atoms with Gasteiger partial charge in [-0.3, -0.25) is 0 Å². The molecule has 0 aliphatic heterocycles. The van der Waals surface area contributed by atoms with Crippen molar-refractivity contribution in [2.45, 2.75) is 44.3 Å². The fourth-order valence-corrected chi connectivity index (χ4v) is 2.49. The smallest absolute Gasteiger partial charge is 0.0765 e. The minimum absolute atomic E-state index is 0.0562. The summed E-state index contributed by atoms with van der Waals surface area (Å²) in [6, 6.07) is 0. The van der Waals surface area contributed by atoms with Crippen molar-refractivity contribution in [1.29, 1.82) is 0 Å². The fraction of sp³-hybridized carbons (Fsp3) is 1.00. The van der Waals surface area contributed by atoms with Crippen LogP contribution in [0.1, 0.15) is 32.6 Å². The van der Waals surface area contributed by atoms with Crippen LogP contribution in [0.15, 0.2) is 0 Å². The van der Waals surface area contributed by atoms with Crippen LogP contribution >= 0.6 is 0 Å². The van der Waals surface area contributed by atoms with Gasteiger partial charge in [0, 0.05) is 31.4 Å². The Kier molecular flexibility index (Phi) is 2.13. The lowest BCUT2D eigenvalue weighted by Gasteiger charge is -2.48. The average Bonchev–Trinajstić information content (AvgIpc) is 2.82. The third-order valence-corrected chi connectivity index (χ3v) is 3.76. The van der Waals surface area contributed by atoms with Crippen LogP contribution in [0, 0.1) is 5.41 Å². The Balaban J connectivity index is 1.88. The maximum atomic E-state index is 10.2. The van der Waals surface area contributed by atoms with Gasteiger partial charge in [0.05, 0.1) is 11.7 Å². The Hall–Kier alpha value is -0.120. The predicted molar refractivity (Wildman–Crippen MR) is 50.3 cm³/mol. The van der Waals surface area contributed by atoms with Crippen LogP contribution in [-0.2, 0) is 4.74 Å². The third-order valence-electron chi connectivity index (χ3n) is 3.76. The van der Waals surface area contributed by atoms with Gasteiger partial charge in [-0.1, -0.05) is 0 Å². The number of hydrogen-bond acceptors (Lipinski definition) is 3. The summed E-state index contributed by atoms with van der Waals surface area (Å²) in [5.41, 5.74) is 5.24. The van der Waals surface area contributed by atoms with Crippen molar-refractivity contribution < 1.29 is 9.84 Å². The zero-order valence-electron chi connectivity index (χ0n) is 8.25. The summed E-state index contributed by atoms with van der Waals surface area (Å²) in [5.74, 6) is 0. The minimum atomic E-state index is -0.498. The highest BCUT2D eigenvalue weighted by atomic mass is 16.5. The molecular weight excluding hydrogens is 166 g/mol. The molecule has 0 amide bonds. The Labute approximate surface area is 79.3 Å². The van der Waals surface area contributed by atoms with Crippen molar-refractivity contribution in [2.75, 3.05) is 13.2 Å². The molecule has 76 valence electrons. The second kappa shape index (κ2) is 2.94. The van der Waals surface area contributed by atoms with Crippen molar-refractivity contribution in [1.82, 2.24) is 0 Å². The summed E-state index contributed by atoms with van der Waals surface area (Å²) in [7, 11) is 0. The Morgan fingerprint density at radius 1 is 1.46 bits per heavy atom. The van der Waals surface area contributed by atoms with E-state index in [1.165, 1.54) is 0 Å². The molecule has 0 aromatic heterocycles. The highest BCUT2D eigenvalue weighted by Gasteiger charge is 2.63. The minimum Gasteiger partial charge on any atom is -0.389 e. The van der Waals surface area contributed by atoms with E-state index in [1.807, 2.05) is 6.92 Å². The summed E-state index contributed by atoms with van der Waals surface area (Å²) in [6.45, 7) is 3.37. The molecule has 2 fully saturated rings. The third kappa shape index (κ3) is 1.30.